The number of benzene rings is 1. The van der Waals surface area contributed by atoms with E-state index < -0.39 is 132 Å². The Labute approximate surface area is 296 Å². The summed E-state index contributed by atoms with van der Waals surface area (Å²) in [6.45, 7) is 6.30. The maximum Gasteiger partial charge on any atom is 0.309 e. The molecular formula is C36H39NO15. The van der Waals surface area contributed by atoms with Gasteiger partial charge < -0.3 is 50.6 Å². The minimum Gasteiger partial charge on any atom is -0.508 e. The van der Waals surface area contributed by atoms with Crippen LogP contribution in [-0.4, -0.2) is 103 Å². The molecule has 1 fully saturated rings. The van der Waals surface area contributed by atoms with Crippen molar-refractivity contribution in [1.82, 2.24) is 0 Å². The summed E-state index contributed by atoms with van der Waals surface area (Å²) in [6, 6.07) is 2.93. The standard InChI is InChI=1S/C36H39NO15/c1-4-7-22(39)50-14-35(48,15-51-23(40)8-5-2)16-52-24(41)10-6-9-18-11-12-19-17(3)25-28(31(44)26(19)29(18)42)33(46)36(49)20(30(25)43)13-21(38)27(32(36)45)34(37)47/h4-6,9,11-12,17,20,25,30,42-45,48-49H,1-2,7-8,10,13-16H2,3H3,(H2,37,47)/b9-6+/t17-,20+,25+,30+,36+/m0/s1. The van der Waals surface area contributed by atoms with E-state index in [-0.39, 0.29) is 24.0 Å². The Balaban J connectivity index is 1.56. The predicted molar refractivity (Wildman–Crippen MR) is 179 cm³/mol. The lowest BCUT2D eigenvalue weighted by Crippen LogP contribution is -2.63. The molecule has 0 heterocycles. The highest BCUT2D eigenvalue weighted by atomic mass is 16.6. The van der Waals surface area contributed by atoms with E-state index in [9.17, 15) is 59.4 Å². The van der Waals surface area contributed by atoms with Crippen molar-refractivity contribution in [2.75, 3.05) is 19.8 Å². The average molecular weight is 726 g/mol. The molecule has 0 aliphatic heterocycles. The molecule has 8 N–H and O–H groups in total. The lowest BCUT2D eigenvalue weighted by molar-refractivity contribution is -0.174. The number of fused-ring (bicyclic) bond motifs is 3. The molecule has 52 heavy (non-hydrogen) atoms. The minimum absolute atomic E-state index is 0.0477. The molecule has 4 rings (SSSR count). The first-order valence-electron chi connectivity index (χ1n) is 16.0. The van der Waals surface area contributed by atoms with Crippen LogP contribution >= 0.6 is 0 Å². The van der Waals surface area contributed by atoms with Gasteiger partial charge in [0, 0.05) is 29.4 Å². The van der Waals surface area contributed by atoms with Gasteiger partial charge in [-0.3, -0.25) is 28.8 Å². The van der Waals surface area contributed by atoms with Crippen LogP contribution in [0.5, 0.6) is 5.75 Å². The number of primary amides is 1. The summed E-state index contributed by atoms with van der Waals surface area (Å²) in [7, 11) is 0. The zero-order chi connectivity index (χ0) is 38.7. The molecule has 0 spiro atoms. The topological polar surface area (TPSA) is 278 Å². The summed E-state index contributed by atoms with van der Waals surface area (Å²) in [5, 5.41) is 67.1. The van der Waals surface area contributed by atoms with Crippen LogP contribution < -0.4 is 5.73 Å². The Kier molecular flexibility index (Phi) is 11.6. The fourth-order valence-electron chi connectivity index (χ4n) is 6.61. The van der Waals surface area contributed by atoms with E-state index in [1.807, 2.05) is 0 Å². The number of hydrogen-bond donors (Lipinski definition) is 7. The maximum absolute atomic E-state index is 13.8. The van der Waals surface area contributed by atoms with Crippen molar-refractivity contribution in [3.05, 3.63) is 77.1 Å². The van der Waals surface area contributed by atoms with Gasteiger partial charge in [0.2, 0.25) is 5.78 Å². The quantitative estimate of drug-likeness (QED) is 0.0607. The van der Waals surface area contributed by atoms with Crippen molar-refractivity contribution < 1.29 is 73.6 Å². The van der Waals surface area contributed by atoms with Crippen molar-refractivity contribution in [2.24, 2.45) is 17.6 Å². The molecule has 3 aliphatic rings. The Morgan fingerprint density at radius 2 is 1.50 bits per heavy atom. The number of carbonyl (C=O) groups excluding carboxylic acids is 6. The number of hydrogen-bond acceptors (Lipinski definition) is 15. The van der Waals surface area contributed by atoms with E-state index in [0.717, 1.165) is 0 Å². The van der Waals surface area contributed by atoms with Gasteiger partial charge in [0.25, 0.3) is 5.91 Å². The van der Waals surface area contributed by atoms with Gasteiger partial charge in [-0.05, 0) is 11.5 Å². The van der Waals surface area contributed by atoms with Gasteiger partial charge in [-0.25, -0.2) is 0 Å². The number of carbonyl (C=O) groups is 6. The third kappa shape index (κ3) is 7.26. The lowest BCUT2D eigenvalue weighted by Gasteiger charge is -2.50. The molecule has 16 heteroatoms. The van der Waals surface area contributed by atoms with Crippen LogP contribution in [0, 0.1) is 11.8 Å². The highest BCUT2D eigenvalue weighted by molar-refractivity contribution is 6.23. The molecule has 0 radical (unpaired) electrons. The molecule has 5 atom stereocenters. The van der Waals surface area contributed by atoms with Gasteiger partial charge in [0.15, 0.2) is 17.0 Å². The summed E-state index contributed by atoms with van der Waals surface area (Å²) in [4.78, 5) is 74.4. The van der Waals surface area contributed by atoms with Crippen molar-refractivity contribution in [3.8, 4) is 5.75 Å². The molecule has 1 saturated carbocycles. The summed E-state index contributed by atoms with van der Waals surface area (Å²) >= 11 is 0. The molecule has 0 saturated heterocycles. The third-order valence-electron chi connectivity index (χ3n) is 9.24. The molecule has 0 unspecified atom stereocenters. The van der Waals surface area contributed by atoms with Crippen LogP contribution in [0.3, 0.4) is 0 Å². The molecule has 3 aliphatic carbocycles. The van der Waals surface area contributed by atoms with Crippen molar-refractivity contribution in [2.45, 2.75) is 55.8 Å². The molecule has 0 aromatic heterocycles. The number of aliphatic hydroxyl groups excluding tert-OH is 3. The van der Waals surface area contributed by atoms with E-state index >= 15 is 0 Å². The first-order valence-corrected chi connectivity index (χ1v) is 16.0. The third-order valence-corrected chi connectivity index (χ3v) is 9.24. The van der Waals surface area contributed by atoms with Gasteiger partial charge >= 0.3 is 17.9 Å². The monoisotopic (exact) mass is 725 g/mol. The van der Waals surface area contributed by atoms with Gasteiger partial charge in [0.05, 0.1) is 30.9 Å². The summed E-state index contributed by atoms with van der Waals surface area (Å²) in [6.07, 6.45) is 1.99. The van der Waals surface area contributed by atoms with Crippen LogP contribution in [0.2, 0.25) is 0 Å². The van der Waals surface area contributed by atoms with Crippen LogP contribution in [0.1, 0.15) is 55.2 Å². The van der Waals surface area contributed by atoms with Crippen molar-refractivity contribution >= 4 is 47.2 Å². The zero-order valence-corrected chi connectivity index (χ0v) is 28.1. The molecular weight excluding hydrogens is 686 g/mol. The van der Waals surface area contributed by atoms with Crippen LogP contribution in [0.4, 0.5) is 0 Å². The fraction of sp³-hybridized carbons (Fsp3) is 0.389. The predicted octanol–water partition coefficient (Wildman–Crippen LogP) is 0.872. The fourth-order valence-corrected chi connectivity index (χ4v) is 6.61. The van der Waals surface area contributed by atoms with Gasteiger partial charge in [0.1, 0.15) is 42.7 Å². The van der Waals surface area contributed by atoms with Gasteiger partial charge in [-0.2, -0.15) is 0 Å². The summed E-state index contributed by atoms with van der Waals surface area (Å²) < 4.78 is 15.0. The van der Waals surface area contributed by atoms with Crippen LogP contribution in [-0.2, 0) is 43.0 Å². The average Bonchev–Trinajstić information content (AvgIpc) is 3.08. The normalized spacial score (nSPS) is 24.1. The molecule has 1 aromatic carbocycles. The van der Waals surface area contributed by atoms with E-state index in [1.54, 1.807) is 6.92 Å². The molecule has 1 amide bonds. The number of aromatic hydroxyl groups is 1. The van der Waals surface area contributed by atoms with Crippen molar-refractivity contribution in [1.29, 1.82) is 0 Å². The largest absolute Gasteiger partial charge is 0.508 e. The number of Topliss-reactive ketones (excluding diaryl/α,β-unsaturated/α-hetero) is 2. The highest BCUT2D eigenvalue weighted by Crippen LogP contribution is 2.55. The molecule has 0 bridgehead atoms. The van der Waals surface area contributed by atoms with E-state index in [1.165, 1.54) is 36.4 Å². The van der Waals surface area contributed by atoms with Crippen LogP contribution in [0.25, 0.3) is 11.8 Å². The Hall–Kier alpha value is -5.58. The SMILES string of the molecule is C=CCC(=O)OCC(O)(COC(=O)CC=C)COC(=O)C/C=C/c1ccc2c(c1O)C(O)=C1C(=O)[C@]3(O)C(O)=C(C(N)=O)C(=O)C[C@@H]3[C@@H](O)[C@@H]1[C@H]2C. The molecule has 16 nitrogen and oxygen atoms in total. The Morgan fingerprint density at radius 3 is 2.02 bits per heavy atom. The van der Waals surface area contributed by atoms with E-state index in [2.05, 4.69) is 13.2 Å². The lowest BCUT2D eigenvalue weighted by atomic mass is 9.55. The van der Waals surface area contributed by atoms with Crippen LogP contribution in [0.15, 0.2) is 60.4 Å². The number of phenolic OH excluding ortho intramolecular Hbond substituents is 1. The Bertz CT molecular complexity index is 1790. The number of esters is 3. The second-order valence-corrected chi connectivity index (χ2v) is 12.8. The maximum atomic E-state index is 13.8. The number of amides is 1. The number of nitrogens with two attached hydrogens (primary N) is 1. The smallest absolute Gasteiger partial charge is 0.309 e. The van der Waals surface area contributed by atoms with Gasteiger partial charge in [-0.1, -0.05) is 43.4 Å². The first kappa shape index (κ1) is 39.2. The number of aliphatic hydroxyl groups is 5. The Morgan fingerprint density at radius 1 is 0.962 bits per heavy atom. The summed E-state index contributed by atoms with van der Waals surface area (Å²) in [5.74, 6) is -12.3. The van der Waals surface area contributed by atoms with Gasteiger partial charge in [-0.15, -0.1) is 13.2 Å². The van der Waals surface area contributed by atoms with E-state index in [4.69, 9.17) is 19.9 Å². The second kappa shape index (κ2) is 15.3. The number of ether oxygens (including phenoxy) is 3. The van der Waals surface area contributed by atoms with E-state index in [0.29, 0.717) is 5.56 Å². The number of ketones is 2. The number of rotatable bonds is 14. The second-order valence-electron chi connectivity index (χ2n) is 12.8. The highest BCUT2D eigenvalue weighted by Gasteiger charge is 2.64. The molecule has 1 aromatic rings. The number of phenols is 1. The zero-order valence-electron chi connectivity index (χ0n) is 28.1. The van der Waals surface area contributed by atoms with Crippen molar-refractivity contribution in [3.63, 3.8) is 0 Å². The summed E-state index contributed by atoms with van der Waals surface area (Å²) in [5.41, 5.74) is -1.31. The minimum atomic E-state index is -2.98. The molecule has 278 valence electrons. The first-order chi connectivity index (χ1) is 24.4.